The molecule has 11 heteroatoms. The van der Waals surface area contributed by atoms with Gasteiger partial charge in [-0.05, 0) is 12.5 Å². The zero-order valence-corrected chi connectivity index (χ0v) is 18.0. The fourth-order valence-corrected chi connectivity index (χ4v) is 2.36. The Morgan fingerprint density at radius 3 is 2.57 bits per heavy atom. The summed E-state index contributed by atoms with van der Waals surface area (Å²) in [5, 5.41) is 8.76. The largest absolute Gasteiger partial charge is 0.454 e. The summed E-state index contributed by atoms with van der Waals surface area (Å²) in [7, 11) is 1.57. The molecule has 3 N–H and O–H groups in total. The zero-order chi connectivity index (χ0) is 19.6. The van der Waals surface area contributed by atoms with Gasteiger partial charge in [0.25, 0.3) is 0 Å². The summed E-state index contributed by atoms with van der Waals surface area (Å²) in [6.45, 7) is 0.249. The number of nitrogens with one attached hydrogen (secondary N) is 3. The van der Waals surface area contributed by atoms with Gasteiger partial charge in [-0.15, -0.1) is 24.0 Å². The number of alkyl halides is 2. The number of rotatable bonds is 9. The molecule has 0 aliphatic carbocycles. The Morgan fingerprint density at radius 1 is 1.21 bits per heavy atom. The molecule has 0 fully saturated rings. The second-order valence-corrected chi connectivity index (χ2v) is 5.64. The summed E-state index contributed by atoms with van der Waals surface area (Å²) in [6, 6.07) is 2.96. The van der Waals surface area contributed by atoms with Crippen molar-refractivity contribution in [3.05, 3.63) is 17.7 Å². The van der Waals surface area contributed by atoms with Gasteiger partial charge < -0.3 is 30.2 Å². The lowest BCUT2D eigenvalue weighted by atomic mass is 10.1. The quantitative estimate of drug-likeness (QED) is 0.266. The Hall–Kier alpha value is -2.05. The molecule has 1 aliphatic rings. The maximum Gasteiger partial charge on any atom is 0.387 e. The third kappa shape index (κ3) is 7.52. The third-order valence-corrected chi connectivity index (χ3v) is 3.66. The maximum atomic E-state index is 12.7. The van der Waals surface area contributed by atoms with Gasteiger partial charge in [-0.2, -0.15) is 8.78 Å². The molecule has 0 radical (unpaired) electrons. The molecule has 0 unspecified atom stereocenters. The highest BCUT2D eigenvalue weighted by Crippen LogP contribution is 2.38. The fraction of sp³-hybridized carbons (Fsp3) is 0.529. The van der Waals surface area contributed by atoms with Crippen LogP contribution in [0, 0.1) is 0 Å². The van der Waals surface area contributed by atoms with Crippen molar-refractivity contribution in [3.8, 4) is 17.2 Å². The van der Waals surface area contributed by atoms with E-state index in [-0.39, 0.29) is 49.0 Å². The van der Waals surface area contributed by atoms with Crippen LogP contribution in [0.4, 0.5) is 8.78 Å². The smallest absolute Gasteiger partial charge is 0.387 e. The normalized spacial score (nSPS) is 12.4. The molecular weight excluding hydrogens is 489 g/mol. The van der Waals surface area contributed by atoms with E-state index in [1.54, 1.807) is 13.1 Å². The van der Waals surface area contributed by atoms with Gasteiger partial charge in [-0.1, -0.05) is 6.92 Å². The van der Waals surface area contributed by atoms with Crippen molar-refractivity contribution in [2.45, 2.75) is 32.9 Å². The van der Waals surface area contributed by atoms with Gasteiger partial charge in [0.15, 0.2) is 17.5 Å². The Morgan fingerprint density at radius 2 is 1.93 bits per heavy atom. The first kappa shape index (κ1) is 24.0. The molecule has 1 heterocycles. The van der Waals surface area contributed by atoms with Crippen LogP contribution in [0.15, 0.2) is 17.1 Å². The zero-order valence-electron chi connectivity index (χ0n) is 15.7. The molecule has 0 bridgehead atoms. The number of hydrogen-bond donors (Lipinski definition) is 3. The van der Waals surface area contributed by atoms with Gasteiger partial charge in [-0.25, -0.2) is 0 Å². The standard InChI is InChI=1S/C17H24F2N4O4.HI/c1-3-5-21-15(24)4-6-22-17(20-2)23-9-11-7-13-14(26-10-25-13)8-12(11)27-16(18)19;/h7-8,16H,3-6,9-10H2,1-2H3,(H,21,24)(H2,20,22,23);1H. The predicted octanol–water partition coefficient (Wildman–Crippen LogP) is 2.22. The van der Waals surface area contributed by atoms with Crippen molar-refractivity contribution in [2.24, 2.45) is 4.99 Å². The molecule has 0 spiro atoms. The number of amides is 1. The molecule has 1 aromatic rings. The van der Waals surface area contributed by atoms with Crippen LogP contribution in [0.3, 0.4) is 0 Å². The Kier molecular flexibility index (Phi) is 10.6. The monoisotopic (exact) mass is 514 g/mol. The van der Waals surface area contributed by atoms with E-state index in [1.807, 2.05) is 6.92 Å². The number of halogens is 3. The van der Waals surface area contributed by atoms with E-state index in [4.69, 9.17) is 9.47 Å². The number of fused-ring (bicyclic) bond motifs is 1. The Labute approximate surface area is 179 Å². The molecule has 0 saturated carbocycles. The highest BCUT2D eigenvalue weighted by molar-refractivity contribution is 14.0. The van der Waals surface area contributed by atoms with Gasteiger partial charge >= 0.3 is 6.61 Å². The van der Waals surface area contributed by atoms with E-state index in [1.165, 1.54) is 6.07 Å². The third-order valence-electron chi connectivity index (χ3n) is 3.66. The van der Waals surface area contributed by atoms with Crippen molar-refractivity contribution in [1.82, 2.24) is 16.0 Å². The van der Waals surface area contributed by atoms with E-state index in [9.17, 15) is 13.6 Å². The molecule has 158 valence electrons. The van der Waals surface area contributed by atoms with Crippen LogP contribution < -0.4 is 30.2 Å². The van der Waals surface area contributed by atoms with Crippen molar-refractivity contribution in [2.75, 3.05) is 26.9 Å². The molecule has 2 rings (SSSR count). The highest BCUT2D eigenvalue weighted by Gasteiger charge is 2.20. The fourth-order valence-electron chi connectivity index (χ4n) is 2.36. The molecule has 1 amide bonds. The molecule has 0 aromatic heterocycles. The predicted molar refractivity (Wildman–Crippen MR) is 111 cm³/mol. The van der Waals surface area contributed by atoms with E-state index in [0.717, 1.165) is 6.42 Å². The van der Waals surface area contributed by atoms with Crippen LogP contribution in [0.5, 0.6) is 17.2 Å². The van der Waals surface area contributed by atoms with Crippen LogP contribution in [-0.2, 0) is 11.3 Å². The number of nitrogens with zero attached hydrogens (tertiary/aromatic N) is 1. The molecule has 0 atom stereocenters. The molecular formula is C17H25F2IN4O4. The number of carbonyl (C=O) groups excluding carboxylic acids is 1. The molecule has 0 saturated heterocycles. The number of guanidine groups is 1. The van der Waals surface area contributed by atoms with E-state index < -0.39 is 6.61 Å². The van der Waals surface area contributed by atoms with Gasteiger partial charge in [-0.3, -0.25) is 9.79 Å². The number of hydrogen-bond acceptors (Lipinski definition) is 5. The van der Waals surface area contributed by atoms with Crippen LogP contribution in [0.25, 0.3) is 0 Å². The van der Waals surface area contributed by atoms with E-state index >= 15 is 0 Å². The lowest BCUT2D eigenvalue weighted by Crippen LogP contribution is -2.39. The first-order chi connectivity index (χ1) is 13.0. The molecule has 28 heavy (non-hydrogen) atoms. The summed E-state index contributed by atoms with van der Waals surface area (Å²) in [4.78, 5) is 15.6. The average molecular weight is 514 g/mol. The molecule has 1 aromatic carbocycles. The van der Waals surface area contributed by atoms with Crippen LogP contribution in [-0.4, -0.2) is 45.4 Å². The average Bonchev–Trinajstić information content (AvgIpc) is 3.09. The summed E-state index contributed by atoms with van der Waals surface area (Å²) in [5.41, 5.74) is 0.461. The summed E-state index contributed by atoms with van der Waals surface area (Å²) < 4.78 is 40.3. The van der Waals surface area contributed by atoms with Crippen molar-refractivity contribution in [1.29, 1.82) is 0 Å². The number of ether oxygens (including phenoxy) is 3. The summed E-state index contributed by atoms with van der Waals surface area (Å²) >= 11 is 0. The van der Waals surface area contributed by atoms with Crippen LogP contribution in [0.1, 0.15) is 25.3 Å². The van der Waals surface area contributed by atoms with Crippen LogP contribution >= 0.6 is 24.0 Å². The van der Waals surface area contributed by atoms with Gasteiger partial charge in [0.2, 0.25) is 12.7 Å². The minimum absolute atomic E-state index is 0. The summed E-state index contributed by atoms with van der Waals surface area (Å²) in [6.07, 6.45) is 1.17. The maximum absolute atomic E-state index is 12.7. The molecule has 1 aliphatic heterocycles. The number of aliphatic imine (C=N–C) groups is 1. The van der Waals surface area contributed by atoms with Gasteiger partial charge in [0.1, 0.15) is 5.75 Å². The molecule has 8 nitrogen and oxygen atoms in total. The first-order valence-corrected chi connectivity index (χ1v) is 8.62. The second-order valence-electron chi connectivity index (χ2n) is 5.64. The topological polar surface area (TPSA) is 93.2 Å². The minimum atomic E-state index is -2.96. The SMILES string of the molecule is CCCNC(=O)CCNC(=NC)NCc1cc2c(cc1OC(F)F)OCO2.I. The first-order valence-electron chi connectivity index (χ1n) is 8.62. The lowest BCUT2D eigenvalue weighted by Gasteiger charge is -2.15. The van der Waals surface area contributed by atoms with Crippen molar-refractivity contribution < 1.29 is 27.8 Å². The highest BCUT2D eigenvalue weighted by atomic mass is 127. The van der Waals surface area contributed by atoms with Crippen molar-refractivity contribution >= 4 is 35.8 Å². The van der Waals surface area contributed by atoms with E-state index in [0.29, 0.717) is 42.5 Å². The lowest BCUT2D eigenvalue weighted by molar-refractivity contribution is -0.120. The van der Waals surface area contributed by atoms with Crippen molar-refractivity contribution in [3.63, 3.8) is 0 Å². The minimum Gasteiger partial charge on any atom is -0.454 e. The number of benzene rings is 1. The second kappa shape index (κ2) is 12.4. The number of carbonyl (C=O) groups is 1. The van der Waals surface area contributed by atoms with Crippen LogP contribution in [0.2, 0.25) is 0 Å². The van der Waals surface area contributed by atoms with Gasteiger partial charge in [0, 0.05) is 44.7 Å². The van der Waals surface area contributed by atoms with Gasteiger partial charge in [0.05, 0.1) is 0 Å². The Balaban J connectivity index is 0.00000392. The summed E-state index contributed by atoms with van der Waals surface area (Å²) in [5.74, 6) is 1.19. The van der Waals surface area contributed by atoms with E-state index in [2.05, 4.69) is 25.7 Å². The Bertz CT molecular complexity index is 677.